The highest BCUT2D eigenvalue weighted by Crippen LogP contribution is 2.47. The first-order valence-electron chi connectivity index (χ1n) is 11.0. The molecule has 0 saturated carbocycles. The van der Waals surface area contributed by atoms with E-state index in [1.165, 1.54) is 16.9 Å². The average Bonchev–Trinajstić information content (AvgIpc) is 3.26. The van der Waals surface area contributed by atoms with Crippen LogP contribution < -0.4 is 4.90 Å². The molecule has 0 unspecified atom stereocenters. The van der Waals surface area contributed by atoms with Gasteiger partial charge in [0, 0.05) is 28.9 Å². The number of fused-ring (bicyclic) bond motifs is 1. The second-order valence-corrected chi connectivity index (χ2v) is 8.36. The number of carbonyl (C=O) groups excluding carboxylic acids is 1. The predicted octanol–water partition coefficient (Wildman–Crippen LogP) is 6.22. The fourth-order valence-corrected chi connectivity index (χ4v) is 4.44. The highest BCUT2D eigenvalue weighted by molar-refractivity contribution is 6.10. The molecule has 33 heavy (non-hydrogen) atoms. The van der Waals surface area contributed by atoms with E-state index < -0.39 is 5.97 Å². The van der Waals surface area contributed by atoms with Gasteiger partial charge in [-0.1, -0.05) is 86.7 Å². The number of benzene rings is 2. The number of rotatable bonds is 5. The summed E-state index contributed by atoms with van der Waals surface area (Å²) in [5.74, 6) is -0.228. The summed E-state index contributed by atoms with van der Waals surface area (Å²) in [7, 11) is 0. The standard InChI is InChI=1S/C29H26N2O2/c1-4-31-24-17-13-12-16-23(24)29(2,3)26(31)19-11-6-5-10-18-25-27(21-14-8-7-9-15-21)22(20-30)28(32)33-25/h5-19H,4H2,1-3H3. The van der Waals surface area contributed by atoms with Gasteiger partial charge in [-0.15, -0.1) is 0 Å². The molecule has 4 heteroatoms. The van der Waals surface area contributed by atoms with Gasteiger partial charge in [-0.05, 0) is 36.3 Å². The van der Waals surface area contributed by atoms with Crippen molar-refractivity contribution in [3.8, 4) is 6.07 Å². The molecule has 2 heterocycles. The van der Waals surface area contributed by atoms with Crippen molar-refractivity contribution in [2.45, 2.75) is 26.2 Å². The number of nitriles is 1. The van der Waals surface area contributed by atoms with Crippen molar-refractivity contribution in [1.82, 2.24) is 0 Å². The van der Waals surface area contributed by atoms with E-state index in [1.807, 2.05) is 60.7 Å². The van der Waals surface area contributed by atoms with Crippen molar-refractivity contribution in [3.63, 3.8) is 0 Å². The van der Waals surface area contributed by atoms with E-state index in [1.54, 1.807) is 6.08 Å². The summed E-state index contributed by atoms with van der Waals surface area (Å²) in [6.07, 6.45) is 11.5. The van der Waals surface area contributed by atoms with Crippen molar-refractivity contribution < 1.29 is 9.53 Å². The van der Waals surface area contributed by atoms with E-state index in [2.05, 4.69) is 56.0 Å². The monoisotopic (exact) mass is 434 g/mol. The number of hydrogen-bond donors (Lipinski definition) is 0. The van der Waals surface area contributed by atoms with Gasteiger partial charge >= 0.3 is 5.97 Å². The summed E-state index contributed by atoms with van der Waals surface area (Å²) in [6, 6.07) is 19.9. The molecule has 2 aromatic carbocycles. The maximum Gasteiger partial charge on any atom is 0.355 e. The molecule has 0 aliphatic carbocycles. The van der Waals surface area contributed by atoms with Gasteiger partial charge in [0.05, 0.1) is 0 Å². The second-order valence-electron chi connectivity index (χ2n) is 8.36. The van der Waals surface area contributed by atoms with Crippen molar-refractivity contribution >= 4 is 17.2 Å². The molecule has 4 nitrogen and oxygen atoms in total. The Hall–Kier alpha value is -4.10. The van der Waals surface area contributed by atoms with Gasteiger partial charge in [0.2, 0.25) is 0 Å². The van der Waals surface area contributed by atoms with Gasteiger partial charge in [0.1, 0.15) is 17.4 Å². The zero-order valence-corrected chi connectivity index (χ0v) is 19.1. The van der Waals surface area contributed by atoms with E-state index in [0.29, 0.717) is 11.3 Å². The number of cyclic esters (lactones) is 1. The zero-order chi connectivity index (χ0) is 23.4. The first kappa shape index (κ1) is 22.1. The van der Waals surface area contributed by atoms with Crippen LogP contribution in [0.3, 0.4) is 0 Å². The highest BCUT2D eigenvalue weighted by Gasteiger charge is 2.38. The maximum atomic E-state index is 12.1. The highest BCUT2D eigenvalue weighted by atomic mass is 16.5. The number of ether oxygens (including phenoxy) is 1. The van der Waals surface area contributed by atoms with Crippen LogP contribution in [0.25, 0.3) is 5.57 Å². The number of esters is 1. The van der Waals surface area contributed by atoms with Crippen LogP contribution in [-0.4, -0.2) is 12.5 Å². The van der Waals surface area contributed by atoms with Gasteiger partial charge in [-0.25, -0.2) is 4.79 Å². The quantitative estimate of drug-likeness (QED) is 0.414. The van der Waals surface area contributed by atoms with E-state index >= 15 is 0 Å². The number of hydrogen-bond acceptors (Lipinski definition) is 4. The summed E-state index contributed by atoms with van der Waals surface area (Å²) in [6.45, 7) is 7.57. The lowest BCUT2D eigenvalue weighted by molar-refractivity contribution is -0.132. The number of allylic oxidation sites excluding steroid dienone is 8. The van der Waals surface area contributed by atoms with Gasteiger partial charge < -0.3 is 9.64 Å². The van der Waals surface area contributed by atoms with E-state index in [0.717, 1.165) is 12.1 Å². The molecule has 2 aliphatic rings. The van der Waals surface area contributed by atoms with Gasteiger partial charge in [0.25, 0.3) is 0 Å². The third-order valence-electron chi connectivity index (χ3n) is 6.03. The van der Waals surface area contributed by atoms with E-state index in [4.69, 9.17) is 4.74 Å². The molecule has 0 N–H and O–H groups in total. The maximum absolute atomic E-state index is 12.1. The molecule has 2 aliphatic heterocycles. The van der Waals surface area contributed by atoms with Crippen LogP contribution in [0.5, 0.6) is 0 Å². The molecule has 0 spiro atoms. The third kappa shape index (κ3) is 4.06. The SMILES string of the molecule is CCN1C(=CC=CC=CC=C2OC(=O)C(C#N)=C2c2ccccc2)C(C)(C)c2ccccc21. The molecule has 0 atom stereocenters. The molecule has 0 aromatic heterocycles. The molecule has 0 bridgehead atoms. The van der Waals surface area contributed by atoms with E-state index in [9.17, 15) is 10.1 Å². The largest absolute Gasteiger partial charge is 0.422 e. The Bertz CT molecular complexity index is 1270. The number of para-hydroxylation sites is 1. The zero-order valence-electron chi connectivity index (χ0n) is 19.1. The first-order chi connectivity index (χ1) is 16.0. The summed E-state index contributed by atoms with van der Waals surface area (Å²) in [4.78, 5) is 14.5. The molecule has 0 saturated heterocycles. The molecule has 4 rings (SSSR count). The Morgan fingerprint density at radius 1 is 0.970 bits per heavy atom. The first-order valence-corrected chi connectivity index (χ1v) is 11.0. The average molecular weight is 435 g/mol. The third-order valence-corrected chi connectivity index (χ3v) is 6.03. The Morgan fingerprint density at radius 2 is 1.64 bits per heavy atom. The van der Waals surface area contributed by atoms with Crippen molar-refractivity contribution in [1.29, 1.82) is 5.26 Å². The normalized spacial score (nSPS) is 19.7. The minimum absolute atomic E-state index is 0.0313. The smallest absolute Gasteiger partial charge is 0.355 e. The predicted molar refractivity (Wildman–Crippen MR) is 132 cm³/mol. The summed E-state index contributed by atoms with van der Waals surface area (Å²) in [5, 5.41) is 9.40. The van der Waals surface area contributed by atoms with E-state index in [-0.39, 0.29) is 11.0 Å². The van der Waals surface area contributed by atoms with Gasteiger partial charge in [0.15, 0.2) is 0 Å². The molecule has 164 valence electrons. The second kappa shape index (κ2) is 9.18. The van der Waals surface area contributed by atoms with Crippen LogP contribution in [0.2, 0.25) is 0 Å². The lowest BCUT2D eigenvalue weighted by atomic mass is 9.84. The topological polar surface area (TPSA) is 53.3 Å². The number of likely N-dealkylation sites (N-methyl/N-ethyl adjacent to an activating group) is 1. The number of anilines is 1. The Morgan fingerprint density at radius 3 is 2.33 bits per heavy atom. The van der Waals surface area contributed by atoms with Crippen LogP contribution in [0, 0.1) is 11.3 Å². The lowest BCUT2D eigenvalue weighted by Gasteiger charge is -2.25. The van der Waals surface area contributed by atoms with Crippen LogP contribution in [0.1, 0.15) is 31.9 Å². The Balaban J connectivity index is 1.55. The Labute approximate surface area is 195 Å². The fraction of sp³-hybridized carbons (Fsp3) is 0.172. The lowest BCUT2D eigenvalue weighted by Crippen LogP contribution is -2.25. The molecular weight excluding hydrogens is 408 g/mol. The fourth-order valence-electron chi connectivity index (χ4n) is 4.44. The molecule has 2 aromatic rings. The molecular formula is C29H26N2O2. The summed E-state index contributed by atoms with van der Waals surface area (Å²) in [5.41, 5.74) is 5.13. The van der Waals surface area contributed by atoms with Crippen LogP contribution in [-0.2, 0) is 14.9 Å². The van der Waals surface area contributed by atoms with Crippen LogP contribution in [0.4, 0.5) is 5.69 Å². The molecule has 0 radical (unpaired) electrons. The van der Waals surface area contributed by atoms with Gasteiger partial charge in [-0.2, -0.15) is 5.26 Å². The van der Waals surface area contributed by atoms with Crippen LogP contribution in [0.15, 0.2) is 108 Å². The molecule has 0 amide bonds. The van der Waals surface area contributed by atoms with Crippen molar-refractivity contribution in [3.05, 3.63) is 119 Å². The number of nitrogens with zero attached hydrogens (tertiary/aromatic N) is 2. The summed E-state index contributed by atoms with van der Waals surface area (Å²) >= 11 is 0. The minimum atomic E-state index is -0.612. The number of carbonyl (C=O) groups is 1. The van der Waals surface area contributed by atoms with Gasteiger partial charge in [-0.3, -0.25) is 0 Å². The minimum Gasteiger partial charge on any atom is -0.422 e. The van der Waals surface area contributed by atoms with Crippen LogP contribution >= 0.6 is 0 Å². The Kier molecular flexibility index (Phi) is 6.15. The van der Waals surface area contributed by atoms with Crippen molar-refractivity contribution in [2.75, 3.05) is 11.4 Å². The van der Waals surface area contributed by atoms with Crippen molar-refractivity contribution in [2.24, 2.45) is 0 Å². The molecule has 0 fully saturated rings. The summed E-state index contributed by atoms with van der Waals surface area (Å²) < 4.78 is 5.34.